The number of hydrogen-bond acceptors (Lipinski definition) is 4. The van der Waals surface area contributed by atoms with E-state index in [-0.39, 0.29) is 22.2 Å². The first-order chi connectivity index (χ1) is 15.1. The number of carbonyl (C=O) groups is 1. The van der Waals surface area contributed by atoms with E-state index in [4.69, 9.17) is 13.9 Å². The third-order valence-corrected chi connectivity index (χ3v) is 13.3. The number of nitrogens with zero attached hydrogens (tertiary/aromatic N) is 1. The molecule has 0 unspecified atom stereocenters. The van der Waals surface area contributed by atoms with Crippen molar-refractivity contribution in [2.24, 2.45) is 5.92 Å². The normalized spacial score (nSPS) is 33.2. The highest BCUT2D eigenvalue weighted by atomic mass is 28.4. The maximum atomic E-state index is 13.6. The molecule has 5 nitrogen and oxygen atoms in total. The molecule has 2 saturated heterocycles. The third-order valence-electron chi connectivity index (χ3n) is 8.78. The van der Waals surface area contributed by atoms with Crippen LogP contribution in [0, 0.1) is 5.92 Å². The molecule has 3 rings (SSSR count). The van der Waals surface area contributed by atoms with Crippen LogP contribution in [0.2, 0.25) is 18.1 Å². The second-order valence-corrected chi connectivity index (χ2v) is 18.1. The monoisotopic (exact) mass is 479 g/mol. The van der Waals surface area contributed by atoms with Crippen LogP contribution in [0.4, 0.5) is 4.79 Å². The predicted octanol–water partition coefficient (Wildman–Crippen LogP) is 7.07. The Bertz CT molecular complexity index is 717. The summed E-state index contributed by atoms with van der Waals surface area (Å²) in [5, 5.41) is 0.148. The van der Waals surface area contributed by atoms with Crippen molar-refractivity contribution in [1.29, 1.82) is 0 Å². The van der Waals surface area contributed by atoms with Crippen LogP contribution in [0.5, 0.6) is 0 Å². The lowest BCUT2D eigenvalue weighted by Gasteiger charge is -2.43. The number of carbonyl (C=O) groups excluding carboxylic acids is 1. The summed E-state index contributed by atoms with van der Waals surface area (Å²) in [6.45, 7) is 17.9. The smallest absolute Gasteiger partial charge is 0.411 e. The Hall–Kier alpha value is -0.853. The standard InChI is InChI=1S/C27H49NO4Si/c1-24(2,3)32-23(29)28-26(15-14-21-10-12-22(30-7)13-11-21)16-18-27(28,19-17-26)20-31-33(8,9)25(4,5)6/h14-15,21-22H,10-13,16-20H2,1-9H3. The fourth-order valence-electron chi connectivity index (χ4n) is 5.56. The van der Waals surface area contributed by atoms with Gasteiger partial charge in [-0.3, -0.25) is 4.90 Å². The fraction of sp³-hybridized carbons (Fsp3) is 0.889. The van der Waals surface area contributed by atoms with Gasteiger partial charge in [0.2, 0.25) is 0 Å². The van der Waals surface area contributed by atoms with Crippen molar-refractivity contribution >= 4 is 14.4 Å². The topological polar surface area (TPSA) is 48.0 Å². The van der Waals surface area contributed by atoms with Crippen LogP contribution < -0.4 is 0 Å². The summed E-state index contributed by atoms with van der Waals surface area (Å²) >= 11 is 0. The van der Waals surface area contributed by atoms with E-state index in [2.05, 4.69) is 50.9 Å². The van der Waals surface area contributed by atoms with Gasteiger partial charge in [0.1, 0.15) is 5.60 Å². The number of rotatable bonds is 6. The molecule has 0 spiro atoms. The van der Waals surface area contributed by atoms with Gasteiger partial charge in [0, 0.05) is 7.11 Å². The van der Waals surface area contributed by atoms with Crippen molar-refractivity contribution in [1.82, 2.24) is 4.90 Å². The molecule has 1 aliphatic carbocycles. The van der Waals surface area contributed by atoms with Gasteiger partial charge in [-0.1, -0.05) is 32.9 Å². The van der Waals surface area contributed by atoms with Crippen molar-refractivity contribution in [3.05, 3.63) is 12.2 Å². The average Bonchev–Trinajstić information content (AvgIpc) is 3.20. The second kappa shape index (κ2) is 9.31. The van der Waals surface area contributed by atoms with Gasteiger partial charge in [-0.2, -0.15) is 0 Å². The fourth-order valence-corrected chi connectivity index (χ4v) is 6.63. The Morgan fingerprint density at radius 2 is 1.58 bits per heavy atom. The highest BCUT2D eigenvalue weighted by Gasteiger charge is 2.63. The molecule has 2 heterocycles. The maximum Gasteiger partial charge on any atom is 0.411 e. The minimum Gasteiger partial charge on any atom is -0.444 e. The van der Waals surface area contributed by atoms with Gasteiger partial charge in [-0.25, -0.2) is 4.79 Å². The van der Waals surface area contributed by atoms with Gasteiger partial charge >= 0.3 is 6.09 Å². The zero-order valence-corrected chi connectivity index (χ0v) is 23.8. The minimum atomic E-state index is -1.92. The number of amides is 1. The van der Waals surface area contributed by atoms with Crippen molar-refractivity contribution in [2.75, 3.05) is 13.7 Å². The van der Waals surface area contributed by atoms with Crippen LogP contribution >= 0.6 is 0 Å². The van der Waals surface area contributed by atoms with Gasteiger partial charge in [0.05, 0.1) is 23.8 Å². The first-order valence-corrected chi connectivity index (χ1v) is 15.9. The van der Waals surface area contributed by atoms with Crippen LogP contribution in [0.25, 0.3) is 0 Å². The maximum absolute atomic E-state index is 13.6. The first-order valence-electron chi connectivity index (χ1n) is 13.0. The molecule has 0 aromatic carbocycles. The minimum absolute atomic E-state index is 0.148. The summed E-state index contributed by atoms with van der Waals surface area (Å²) in [5.74, 6) is 0.574. The van der Waals surface area contributed by atoms with E-state index in [9.17, 15) is 4.79 Å². The lowest BCUT2D eigenvalue weighted by Crippen LogP contribution is -2.55. The molecule has 0 atom stereocenters. The number of ether oxygens (including phenoxy) is 2. The molecule has 2 bridgehead atoms. The van der Waals surface area contributed by atoms with E-state index in [0.29, 0.717) is 18.6 Å². The number of allylic oxidation sites excluding steroid dienone is 1. The van der Waals surface area contributed by atoms with E-state index in [1.54, 1.807) is 0 Å². The molecule has 0 N–H and O–H groups in total. The van der Waals surface area contributed by atoms with E-state index in [1.807, 2.05) is 27.9 Å². The van der Waals surface area contributed by atoms with Gasteiger partial charge in [-0.15, -0.1) is 0 Å². The Morgan fingerprint density at radius 1 is 1.00 bits per heavy atom. The summed E-state index contributed by atoms with van der Waals surface area (Å²) in [6.07, 6.45) is 13.5. The summed E-state index contributed by atoms with van der Waals surface area (Å²) in [7, 11) is -0.0965. The Labute approximate surface area is 203 Å². The van der Waals surface area contributed by atoms with Crippen LogP contribution in [0.15, 0.2) is 12.2 Å². The van der Waals surface area contributed by atoms with E-state index >= 15 is 0 Å². The summed E-state index contributed by atoms with van der Waals surface area (Å²) in [4.78, 5) is 15.7. The number of methoxy groups -OCH3 is 1. The molecular formula is C27H49NO4Si. The lowest BCUT2D eigenvalue weighted by molar-refractivity contribution is -0.00686. The van der Waals surface area contributed by atoms with Gasteiger partial charge in [-0.05, 0) is 96.2 Å². The summed E-state index contributed by atoms with van der Waals surface area (Å²) in [5.41, 5.74) is -1.00. The van der Waals surface area contributed by atoms with Crippen molar-refractivity contribution in [3.8, 4) is 0 Å². The second-order valence-electron chi connectivity index (χ2n) is 13.3. The molecule has 33 heavy (non-hydrogen) atoms. The molecule has 3 aliphatic rings. The molecular weight excluding hydrogens is 430 g/mol. The molecule has 1 saturated carbocycles. The molecule has 0 radical (unpaired) electrons. The van der Waals surface area contributed by atoms with E-state index in [1.165, 1.54) is 0 Å². The molecule has 0 aromatic rings. The largest absolute Gasteiger partial charge is 0.444 e. The van der Waals surface area contributed by atoms with Gasteiger partial charge in [0.25, 0.3) is 0 Å². The predicted molar refractivity (Wildman–Crippen MR) is 137 cm³/mol. The van der Waals surface area contributed by atoms with Crippen LogP contribution in [-0.4, -0.2) is 55.8 Å². The average molecular weight is 480 g/mol. The molecule has 190 valence electrons. The quantitative estimate of drug-likeness (QED) is 0.302. The van der Waals surface area contributed by atoms with Crippen LogP contribution in [-0.2, 0) is 13.9 Å². The lowest BCUT2D eigenvalue weighted by atomic mass is 9.80. The Morgan fingerprint density at radius 3 is 2.06 bits per heavy atom. The van der Waals surface area contributed by atoms with Crippen molar-refractivity contribution in [3.63, 3.8) is 0 Å². The van der Waals surface area contributed by atoms with Gasteiger partial charge in [0.15, 0.2) is 8.32 Å². The molecule has 3 fully saturated rings. The number of fused-ring (bicyclic) bond motifs is 2. The highest BCUT2D eigenvalue weighted by Crippen LogP contribution is 2.55. The Kier molecular flexibility index (Phi) is 7.54. The molecule has 0 aromatic heterocycles. The van der Waals surface area contributed by atoms with Crippen molar-refractivity contribution < 1.29 is 18.7 Å². The summed E-state index contributed by atoms with van der Waals surface area (Å²) < 4.78 is 18.2. The molecule has 6 heteroatoms. The van der Waals surface area contributed by atoms with E-state index in [0.717, 1.165) is 51.4 Å². The zero-order valence-electron chi connectivity index (χ0n) is 22.8. The summed E-state index contributed by atoms with van der Waals surface area (Å²) in [6, 6.07) is 0. The first kappa shape index (κ1) is 26.7. The molecule has 2 aliphatic heterocycles. The zero-order chi connectivity index (χ0) is 24.7. The van der Waals surface area contributed by atoms with Gasteiger partial charge < -0.3 is 13.9 Å². The van der Waals surface area contributed by atoms with Crippen molar-refractivity contribution in [2.45, 2.75) is 134 Å². The highest BCUT2D eigenvalue weighted by molar-refractivity contribution is 6.74. The SMILES string of the molecule is COC1CCC(C=CC23CCC(CO[Si](C)(C)C(C)(C)C)(CC2)N3C(=O)OC(C)(C)C)CC1. The van der Waals surface area contributed by atoms with E-state index < -0.39 is 13.9 Å². The van der Waals surface area contributed by atoms with Crippen LogP contribution in [0.3, 0.4) is 0 Å². The van der Waals surface area contributed by atoms with Crippen LogP contribution in [0.1, 0.15) is 92.9 Å². The number of hydrogen-bond donors (Lipinski definition) is 0. The molecule has 1 amide bonds. The third kappa shape index (κ3) is 5.70. The Balaban J connectivity index is 1.82.